The average molecular weight is 320 g/mol. The van der Waals surface area contributed by atoms with Gasteiger partial charge in [0.25, 0.3) is 5.91 Å². The maximum absolute atomic E-state index is 12.6. The molecule has 2 heterocycles. The lowest BCUT2D eigenvalue weighted by atomic mass is 10.1. The van der Waals surface area contributed by atoms with Crippen molar-refractivity contribution in [3.05, 3.63) is 65.2 Å². The van der Waals surface area contributed by atoms with Gasteiger partial charge >= 0.3 is 0 Å². The number of rotatable bonds is 4. The number of nitrogens with zero attached hydrogens (tertiary/aromatic N) is 4. The molecule has 0 unspecified atom stereocenters. The van der Waals surface area contributed by atoms with Gasteiger partial charge in [-0.2, -0.15) is 0 Å². The lowest BCUT2D eigenvalue weighted by Gasteiger charge is -2.17. The van der Waals surface area contributed by atoms with Crippen molar-refractivity contribution in [2.45, 2.75) is 20.3 Å². The molecule has 0 aliphatic rings. The van der Waals surface area contributed by atoms with Crippen LogP contribution in [-0.2, 0) is 6.42 Å². The number of carbonyl (C=O) groups excluding carboxylic acids is 1. The van der Waals surface area contributed by atoms with Gasteiger partial charge in [0.1, 0.15) is 0 Å². The largest absolute Gasteiger partial charge is 0.341 e. The predicted molar refractivity (Wildman–Crippen MR) is 93.9 cm³/mol. The zero-order valence-corrected chi connectivity index (χ0v) is 14.2. The standard InChI is InChI=1S/C19H20N4O/c1-13-14(2)22-18-12-16(4-5-17(18)21-13)19(24)23(3)11-8-15-6-9-20-10-7-15/h4-7,9-10,12H,8,11H2,1-3H3. The summed E-state index contributed by atoms with van der Waals surface area (Å²) in [5.41, 5.74) is 5.17. The second kappa shape index (κ2) is 6.74. The van der Waals surface area contributed by atoms with Crippen LogP contribution in [0.3, 0.4) is 0 Å². The van der Waals surface area contributed by atoms with Gasteiger partial charge in [-0.05, 0) is 56.2 Å². The first-order chi connectivity index (χ1) is 11.5. The van der Waals surface area contributed by atoms with E-state index in [0.29, 0.717) is 12.1 Å². The summed E-state index contributed by atoms with van der Waals surface area (Å²) in [6.07, 6.45) is 4.34. The molecule has 1 amide bonds. The van der Waals surface area contributed by atoms with Gasteiger partial charge in [-0.1, -0.05) is 0 Å². The van der Waals surface area contributed by atoms with E-state index in [2.05, 4.69) is 15.0 Å². The third-order valence-electron chi connectivity index (χ3n) is 4.15. The fourth-order valence-corrected chi connectivity index (χ4v) is 2.53. The molecule has 3 aromatic rings. The zero-order valence-electron chi connectivity index (χ0n) is 14.2. The first-order valence-electron chi connectivity index (χ1n) is 7.94. The smallest absolute Gasteiger partial charge is 0.253 e. The highest BCUT2D eigenvalue weighted by Crippen LogP contribution is 2.15. The SMILES string of the molecule is Cc1nc2ccc(C(=O)N(C)CCc3ccncc3)cc2nc1C. The summed E-state index contributed by atoms with van der Waals surface area (Å²) in [7, 11) is 1.82. The van der Waals surface area contributed by atoms with Gasteiger partial charge in [-0.3, -0.25) is 9.78 Å². The molecule has 0 N–H and O–H groups in total. The Hall–Kier alpha value is -2.82. The Bertz CT molecular complexity index is 877. The third-order valence-corrected chi connectivity index (χ3v) is 4.15. The second-order valence-electron chi connectivity index (χ2n) is 5.93. The van der Waals surface area contributed by atoms with Crippen LogP contribution in [0.2, 0.25) is 0 Å². The van der Waals surface area contributed by atoms with Crippen LogP contribution >= 0.6 is 0 Å². The Labute approximate surface area is 141 Å². The normalized spacial score (nSPS) is 10.8. The molecular weight excluding hydrogens is 300 g/mol. The van der Waals surface area contributed by atoms with Gasteiger partial charge in [0.05, 0.1) is 22.4 Å². The van der Waals surface area contributed by atoms with E-state index >= 15 is 0 Å². The summed E-state index contributed by atoms with van der Waals surface area (Å²) < 4.78 is 0. The number of hydrogen-bond donors (Lipinski definition) is 0. The van der Waals surface area contributed by atoms with E-state index in [9.17, 15) is 4.79 Å². The summed E-state index contributed by atoms with van der Waals surface area (Å²) in [6, 6.07) is 9.43. The molecule has 122 valence electrons. The number of likely N-dealkylation sites (N-methyl/N-ethyl adjacent to an activating group) is 1. The fourth-order valence-electron chi connectivity index (χ4n) is 2.53. The molecule has 24 heavy (non-hydrogen) atoms. The number of benzene rings is 1. The van der Waals surface area contributed by atoms with Gasteiger partial charge in [0.2, 0.25) is 0 Å². The number of aryl methyl sites for hydroxylation is 2. The zero-order chi connectivity index (χ0) is 17.1. The molecule has 0 radical (unpaired) electrons. The van der Waals surface area contributed by atoms with Crippen LogP contribution in [0.5, 0.6) is 0 Å². The van der Waals surface area contributed by atoms with Crippen molar-refractivity contribution < 1.29 is 4.79 Å². The van der Waals surface area contributed by atoms with Crippen LogP contribution in [0.4, 0.5) is 0 Å². The van der Waals surface area contributed by atoms with Crippen molar-refractivity contribution in [3.63, 3.8) is 0 Å². The molecule has 0 aliphatic heterocycles. The van der Waals surface area contributed by atoms with Gasteiger partial charge in [0.15, 0.2) is 0 Å². The van der Waals surface area contributed by atoms with Crippen LogP contribution < -0.4 is 0 Å². The number of hydrogen-bond acceptors (Lipinski definition) is 4. The van der Waals surface area contributed by atoms with E-state index in [1.54, 1.807) is 17.3 Å². The lowest BCUT2D eigenvalue weighted by molar-refractivity contribution is 0.0797. The Morgan fingerprint density at radius 3 is 2.38 bits per heavy atom. The maximum Gasteiger partial charge on any atom is 0.253 e. The molecule has 3 rings (SSSR count). The minimum absolute atomic E-state index is 0.00835. The third kappa shape index (κ3) is 3.40. The van der Waals surface area contributed by atoms with Crippen LogP contribution in [0, 0.1) is 13.8 Å². The highest BCUT2D eigenvalue weighted by molar-refractivity contribution is 5.97. The van der Waals surface area contributed by atoms with Crippen LogP contribution in [0.15, 0.2) is 42.7 Å². The highest BCUT2D eigenvalue weighted by Gasteiger charge is 2.13. The summed E-state index contributed by atoms with van der Waals surface area (Å²) in [5.74, 6) is -0.00835. The van der Waals surface area contributed by atoms with Crippen molar-refractivity contribution in [1.82, 2.24) is 19.9 Å². The molecule has 0 saturated heterocycles. The number of aromatic nitrogens is 3. The summed E-state index contributed by atoms with van der Waals surface area (Å²) in [4.78, 5) is 27.4. The van der Waals surface area contributed by atoms with Crippen molar-refractivity contribution in [1.29, 1.82) is 0 Å². The van der Waals surface area contributed by atoms with E-state index in [1.165, 1.54) is 5.56 Å². The van der Waals surface area contributed by atoms with Crippen LogP contribution in [0.1, 0.15) is 27.3 Å². The van der Waals surface area contributed by atoms with Crippen molar-refractivity contribution in [3.8, 4) is 0 Å². The number of amides is 1. The number of pyridine rings is 1. The van der Waals surface area contributed by atoms with E-state index in [0.717, 1.165) is 28.8 Å². The highest BCUT2D eigenvalue weighted by atomic mass is 16.2. The Balaban J connectivity index is 1.76. The number of fused-ring (bicyclic) bond motifs is 1. The molecule has 1 aromatic carbocycles. The minimum atomic E-state index is -0.00835. The second-order valence-corrected chi connectivity index (χ2v) is 5.93. The summed E-state index contributed by atoms with van der Waals surface area (Å²) in [6.45, 7) is 4.52. The molecule has 5 nitrogen and oxygen atoms in total. The first-order valence-corrected chi connectivity index (χ1v) is 7.94. The van der Waals surface area contributed by atoms with E-state index < -0.39 is 0 Å². The molecule has 0 fully saturated rings. The quantitative estimate of drug-likeness (QED) is 0.741. The van der Waals surface area contributed by atoms with Gasteiger partial charge in [-0.25, -0.2) is 9.97 Å². The maximum atomic E-state index is 12.6. The molecule has 2 aromatic heterocycles. The van der Waals surface area contributed by atoms with Crippen LogP contribution in [0.25, 0.3) is 11.0 Å². The van der Waals surface area contributed by atoms with E-state index in [-0.39, 0.29) is 5.91 Å². The number of carbonyl (C=O) groups is 1. The molecule has 0 atom stereocenters. The molecular formula is C19H20N4O. The first kappa shape index (κ1) is 16.1. The van der Waals surface area contributed by atoms with E-state index in [1.807, 2.05) is 51.2 Å². The van der Waals surface area contributed by atoms with Crippen molar-refractivity contribution in [2.75, 3.05) is 13.6 Å². The molecule has 0 spiro atoms. The van der Waals surface area contributed by atoms with Crippen molar-refractivity contribution in [2.24, 2.45) is 0 Å². The summed E-state index contributed by atoms with van der Waals surface area (Å²) >= 11 is 0. The van der Waals surface area contributed by atoms with E-state index in [4.69, 9.17) is 0 Å². The Kier molecular flexibility index (Phi) is 4.51. The lowest BCUT2D eigenvalue weighted by Crippen LogP contribution is -2.28. The minimum Gasteiger partial charge on any atom is -0.341 e. The summed E-state index contributed by atoms with van der Waals surface area (Å²) in [5, 5.41) is 0. The topological polar surface area (TPSA) is 59.0 Å². The Morgan fingerprint density at radius 2 is 1.67 bits per heavy atom. The fraction of sp³-hybridized carbons (Fsp3) is 0.263. The monoisotopic (exact) mass is 320 g/mol. The van der Waals surface area contributed by atoms with Crippen molar-refractivity contribution >= 4 is 16.9 Å². The molecule has 0 bridgehead atoms. The predicted octanol–water partition coefficient (Wildman–Crippen LogP) is 2.96. The van der Waals surface area contributed by atoms with Gasteiger partial charge in [0, 0.05) is 31.5 Å². The Morgan fingerprint density at radius 1 is 1.00 bits per heavy atom. The van der Waals surface area contributed by atoms with Crippen LogP contribution in [-0.4, -0.2) is 39.4 Å². The van der Waals surface area contributed by atoms with Gasteiger partial charge < -0.3 is 4.90 Å². The van der Waals surface area contributed by atoms with Gasteiger partial charge in [-0.15, -0.1) is 0 Å². The molecule has 0 aliphatic carbocycles. The average Bonchev–Trinajstić information content (AvgIpc) is 2.60. The molecule has 5 heteroatoms. The molecule has 0 saturated carbocycles.